The van der Waals surface area contributed by atoms with E-state index in [2.05, 4.69) is 5.32 Å². The third-order valence-electron chi connectivity index (χ3n) is 3.13. The Hall–Kier alpha value is -2.49. The van der Waals surface area contributed by atoms with E-state index in [-0.39, 0.29) is 6.04 Å². The Morgan fingerprint density at radius 3 is 1.45 bits per heavy atom. The molecule has 0 radical (unpaired) electrons. The number of benzene rings is 2. The molecule has 0 aromatic heterocycles. The summed E-state index contributed by atoms with van der Waals surface area (Å²) in [6, 6.07) is 15.0. The third kappa shape index (κ3) is 4.52. The van der Waals surface area contributed by atoms with Crippen molar-refractivity contribution in [3.8, 4) is 11.5 Å². The molecule has 0 bridgehead atoms. The molecule has 0 aliphatic carbocycles. The largest absolute Gasteiger partial charge is 0.497 e. The van der Waals surface area contributed by atoms with Crippen LogP contribution in [0.4, 0.5) is 0 Å². The van der Waals surface area contributed by atoms with Crippen molar-refractivity contribution in [1.29, 1.82) is 0 Å². The second-order valence-electron chi connectivity index (χ2n) is 4.26. The first-order chi connectivity index (χ1) is 10.8. The molecule has 2 aromatic carbocycles. The predicted molar refractivity (Wildman–Crippen MR) is 88.4 cm³/mol. The summed E-state index contributed by atoms with van der Waals surface area (Å²) in [6.07, 6.45) is 0.707. The Morgan fingerprint density at radius 1 is 0.818 bits per heavy atom. The second kappa shape index (κ2) is 9.45. The number of ether oxygens (including phenoxy) is 2. The number of hydrogen-bond donors (Lipinski definition) is 1. The summed E-state index contributed by atoms with van der Waals surface area (Å²) in [5.74, 6) is 1.57. The summed E-state index contributed by atoms with van der Waals surface area (Å²) >= 11 is 0. The van der Waals surface area contributed by atoms with Gasteiger partial charge in [0.1, 0.15) is 11.5 Å². The summed E-state index contributed by atoms with van der Waals surface area (Å²) in [5.41, 5.74) is 1.98. The molecule has 1 amide bonds. The number of hydrogen-bond acceptors (Lipinski definition) is 3. The van der Waals surface area contributed by atoms with Gasteiger partial charge in [-0.25, -0.2) is 0 Å². The molecule has 4 heteroatoms. The quantitative estimate of drug-likeness (QED) is 0.830. The minimum Gasteiger partial charge on any atom is -0.497 e. The van der Waals surface area contributed by atoms with Gasteiger partial charge in [-0.05, 0) is 35.4 Å². The summed E-state index contributed by atoms with van der Waals surface area (Å²) in [6.45, 7) is 4.00. The van der Waals surface area contributed by atoms with Crippen LogP contribution in [0.2, 0.25) is 0 Å². The molecule has 1 N–H and O–H groups in total. The molecule has 0 saturated heterocycles. The summed E-state index contributed by atoms with van der Waals surface area (Å²) in [5, 5.41) is 2.83. The normalized spacial score (nSPS) is 9.50. The molecule has 0 atom stereocenters. The van der Waals surface area contributed by atoms with Gasteiger partial charge < -0.3 is 14.8 Å². The van der Waals surface area contributed by atoms with Crippen LogP contribution < -0.4 is 14.8 Å². The Labute approximate surface area is 132 Å². The standard InChI is InChI=1S/C16H17NO3.C2H6/c1-19-14-7-3-12(4-8-14)16(17-11-18)13-5-9-15(20-2)10-6-13;1-2/h3-11,16H,1-2H3,(H,17,18);1-2H3. The van der Waals surface area contributed by atoms with E-state index in [1.54, 1.807) is 14.2 Å². The van der Waals surface area contributed by atoms with E-state index in [0.717, 1.165) is 22.6 Å². The molecule has 0 aliphatic rings. The van der Waals surface area contributed by atoms with Crippen molar-refractivity contribution in [3.63, 3.8) is 0 Å². The average molecular weight is 301 g/mol. The molecule has 0 unspecified atom stereocenters. The number of rotatable bonds is 6. The van der Waals surface area contributed by atoms with Gasteiger partial charge in [0.2, 0.25) is 6.41 Å². The van der Waals surface area contributed by atoms with Gasteiger partial charge in [-0.3, -0.25) is 4.79 Å². The van der Waals surface area contributed by atoms with Crippen LogP contribution in [0.3, 0.4) is 0 Å². The van der Waals surface area contributed by atoms with Crippen LogP contribution in [0.15, 0.2) is 48.5 Å². The minimum absolute atomic E-state index is 0.190. The zero-order valence-electron chi connectivity index (χ0n) is 13.5. The molecule has 0 aliphatic heterocycles. The van der Waals surface area contributed by atoms with E-state index in [0.29, 0.717) is 6.41 Å². The Bertz CT molecular complexity index is 502. The molecular weight excluding hydrogens is 278 g/mol. The van der Waals surface area contributed by atoms with Crippen LogP contribution in [0, 0.1) is 0 Å². The van der Waals surface area contributed by atoms with E-state index in [1.165, 1.54) is 0 Å². The average Bonchev–Trinajstić information content (AvgIpc) is 2.62. The van der Waals surface area contributed by atoms with Crippen molar-refractivity contribution in [2.45, 2.75) is 19.9 Å². The van der Waals surface area contributed by atoms with Gasteiger partial charge >= 0.3 is 0 Å². The fourth-order valence-corrected chi connectivity index (χ4v) is 2.05. The lowest BCUT2D eigenvalue weighted by Gasteiger charge is -2.17. The first-order valence-corrected chi connectivity index (χ1v) is 7.26. The van der Waals surface area contributed by atoms with Crippen molar-refractivity contribution in [2.24, 2.45) is 0 Å². The second-order valence-corrected chi connectivity index (χ2v) is 4.26. The third-order valence-corrected chi connectivity index (χ3v) is 3.13. The van der Waals surface area contributed by atoms with E-state index in [4.69, 9.17) is 9.47 Å². The van der Waals surface area contributed by atoms with Crippen LogP contribution in [0.1, 0.15) is 31.0 Å². The van der Waals surface area contributed by atoms with Crippen molar-refractivity contribution in [2.75, 3.05) is 14.2 Å². The van der Waals surface area contributed by atoms with E-state index < -0.39 is 0 Å². The number of amides is 1. The molecule has 4 nitrogen and oxygen atoms in total. The maximum Gasteiger partial charge on any atom is 0.207 e. The van der Waals surface area contributed by atoms with Gasteiger partial charge in [0.25, 0.3) is 0 Å². The fourth-order valence-electron chi connectivity index (χ4n) is 2.05. The van der Waals surface area contributed by atoms with Gasteiger partial charge in [-0.15, -0.1) is 0 Å². The molecule has 0 heterocycles. The Balaban J connectivity index is 0.00000116. The maximum atomic E-state index is 10.8. The summed E-state index contributed by atoms with van der Waals surface area (Å²) in [7, 11) is 3.25. The van der Waals surface area contributed by atoms with Crippen molar-refractivity contribution in [3.05, 3.63) is 59.7 Å². The van der Waals surface area contributed by atoms with Gasteiger partial charge in [0.15, 0.2) is 0 Å². The number of methoxy groups -OCH3 is 2. The highest BCUT2D eigenvalue weighted by Crippen LogP contribution is 2.25. The highest BCUT2D eigenvalue weighted by atomic mass is 16.5. The number of carbonyl (C=O) groups is 1. The monoisotopic (exact) mass is 301 g/mol. The topological polar surface area (TPSA) is 47.6 Å². The smallest absolute Gasteiger partial charge is 0.207 e. The SMILES string of the molecule is CC.COc1ccc(C(NC=O)c2ccc(OC)cc2)cc1. The molecule has 118 valence electrons. The lowest BCUT2D eigenvalue weighted by Crippen LogP contribution is -2.20. The van der Waals surface area contributed by atoms with E-state index >= 15 is 0 Å². The van der Waals surface area contributed by atoms with E-state index in [9.17, 15) is 4.79 Å². The van der Waals surface area contributed by atoms with Crippen LogP contribution in [0.5, 0.6) is 11.5 Å². The maximum absolute atomic E-state index is 10.8. The van der Waals surface area contributed by atoms with Crippen molar-refractivity contribution >= 4 is 6.41 Å². The van der Waals surface area contributed by atoms with Crippen molar-refractivity contribution < 1.29 is 14.3 Å². The first-order valence-electron chi connectivity index (χ1n) is 7.26. The highest BCUT2D eigenvalue weighted by molar-refractivity contribution is 5.51. The molecular formula is C18H23NO3. The summed E-state index contributed by atoms with van der Waals surface area (Å²) < 4.78 is 10.3. The van der Waals surface area contributed by atoms with Crippen LogP contribution >= 0.6 is 0 Å². The van der Waals surface area contributed by atoms with Crippen molar-refractivity contribution in [1.82, 2.24) is 5.32 Å². The van der Waals surface area contributed by atoms with E-state index in [1.807, 2.05) is 62.4 Å². The van der Waals surface area contributed by atoms with Gasteiger partial charge in [-0.1, -0.05) is 38.1 Å². The zero-order valence-corrected chi connectivity index (χ0v) is 13.5. The number of nitrogens with one attached hydrogen (secondary N) is 1. The lowest BCUT2D eigenvalue weighted by molar-refractivity contribution is -0.110. The molecule has 0 spiro atoms. The minimum atomic E-state index is -0.190. The molecule has 2 aromatic rings. The Morgan fingerprint density at radius 2 is 1.18 bits per heavy atom. The predicted octanol–water partition coefficient (Wildman–Crippen LogP) is 3.57. The molecule has 0 fully saturated rings. The van der Waals surface area contributed by atoms with Crippen LogP contribution in [-0.4, -0.2) is 20.6 Å². The Kier molecular flexibility index (Phi) is 7.54. The molecule has 0 saturated carbocycles. The van der Waals surface area contributed by atoms with Gasteiger partial charge in [-0.2, -0.15) is 0 Å². The van der Waals surface area contributed by atoms with Crippen LogP contribution in [0.25, 0.3) is 0 Å². The lowest BCUT2D eigenvalue weighted by atomic mass is 9.99. The molecule has 22 heavy (non-hydrogen) atoms. The van der Waals surface area contributed by atoms with Gasteiger partial charge in [0.05, 0.1) is 20.3 Å². The highest BCUT2D eigenvalue weighted by Gasteiger charge is 2.13. The molecule has 2 rings (SSSR count). The summed E-state index contributed by atoms with van der Waals surface area (Å²) in [4.78, 5) is 10.8. The first kappa shape index (κ1) is 17.6. The fraction of sp³-hybridized carbons (Fsp3) is 0.278. The van der Waals surface area contributed by atoms with Crippen LogP contribution in [-0.2, 0) is 4.79 Å². The number of carbonyl (C=O) groups excluding carboxylic acids is 1. The van der Waals surface area contributed by atoms with Gasteiger partial charge in [0, 0.05) is 0 Å². The zero-order chi connectivity index (χ0) is 16.4.